The van der Waals surface area contributed by atoms with Gasteiger partial charge >= 0.3 is 12.6 Å². The molecule has 0 fully saturated rings. The highest BCUT2D eigenvalue weighted by molar-refractivity contribution is 9.10. The van der Waals surface area contributed by atoms with Crippen molar-refractivity contribution >= 4 is 45.1 Å². The zero-order valence-electron chi connectivity index (χ0n) is 10.2. The lowest BCUT2D eigenvalue weighted by atomic mass is 10.3. The van der Waals surface area contributed by atoms with Gasteiger partial charge < -0.3 is 19.9 Å². The molecular weight excluding hydrogens is 379 g/mol. The molecule has 0 heterocycles. The number of ether oxygens (including phenoxy) is 2. The second kappa shape index (κ2) is 8.11. The number of anilines is 1. The van der Waals surface area contributed by atoms with Crippen LogP contribution in [0.5, 0.6) is 5.75 Å². The average Bonchev–Trinajstić information content (AvgIpc) is 2.32. The van der Waals surface area contributed by atoms with E-state index in [9.17, 15) is 18.4 Å². The number of carboxylic acid groups (broad SMARTS) is 1. The van der Waals surface area contributed by atoms with Crippen LogP contribution in [0.2, 0.25) is 5.02 Å². The Morgan fingerprint density at radius 2 is 2.05 bits per heavy atom. The van der Waals surface area contributed by atoms with Crippen LogP contribution in [0.1, 0.15) is 0 Å². The van der Waals surface area contributed by atoms with Crippen LogP contribution in [-0.2, 0) is 14.3 Å². The quantitative estimate of drug-likeness (QED) is 0.750. The van der Waals surface area contributed by atoms with Crippen LogP contribution in [0.15, 0.2) is 16.6 Å². The van der Waals surface area contributed by atoms with Crippen LogP contribution in [0.3, 0.4) is 0 Å². The van der Waals surface area contributed by atoms with E-state index in [-0.39, 0.29) is 20.9 Å². The Labute approximate surface area is 131 Å². The maximum Gasteiger partial charge on any atom is 0.387 e. The number of carbonyl (C=O) groups is 2. The molecule has 6 nitrogen and oxygen atoms in total. The Bertz CT molecular complexity index is 544. The molecule has 10 heteroatoms. The summed E-state index contributed by atoms with van der Waals surface area (Å²) >= 11 is 8.74. The third-order valence-corrected chi connectivity index (χ3v) is 2.76. The van der Waals surface area contributed by atoms with Gasteiger partial charge in [0.25, 0.3) is 0 Å². The number of amides is 1. The fourth-order valence-electron chi connectivity index (χ4n) is 1.28. The summed E-state index contributed by atoms with van der Waals surface area (Å²) in [4.78, 5) is 21.7. The molecule has 1 amide bonds. The Balaban J connectivity index is 2.81. The van der Waals surface area contributed by atoms with Crippen LogP contribution in [-0.4, -0.2) is 36.8 Å². The summed E-state index contributed by atoms with van der Waals surface area (Å²) in [6.07, 6.45) is 0. The fourth-order valence-corrected chi connectivity index (χ4v) is 2.18. The van der Waals surface area contributed by atoms with Crippen LogP contribution in [0.4, 0.5) is 14.5 Å². The van der Waals surface area contributed by atoms with Gasteiger partial charge in [0.2, 0.25) is 5.91 Å². The highest BCUT2D eigenvalue weighted by atomic mass is 79.9. The molecule has 116 valence electrons. The molecule has 0 aliphatic carbocycles. The number of rotatable bonds is 7. The number of halogens is 4. The summed E-state index contributed by atoms with van der Waals surface area (Å²) in [5.74, 6) is -2.29. The van der Waals surface area contributed by atoms with Crippen molar-refractivity contribution in [3.63, 3.8) is 0 Å². The topological polar surface area (TPSA) is 84.9 Å². The van der Waals surface area contributed by atoms with Crippen molar-refractivity contribution in [2.24, 2.45) is 0 Å². The van der Waals surface area contributed by atoms with Crippen LogP contribution < -0.4 is 10.1 Å². The summed E-state index contributed by atoms with van der Waals surface area (Å²) in [6, 6.07) is 2.52. The minimum atomic E-state index is -3.10. The molecule has 1 aromatic rings. The number of carbonyl (C=O) groups excluding carboxylic acids is 1. The van der Waals surface area contributed by atoms with Gasteiger partial charge in [-0.25, -0.2) is 4.79 Å². The summed E-state index contributed by atoms with van der Waals surface area (Å²) in [7, 11) is 0. The van der Waals surface area contributed by atoms with Gasteiger partial charge in [-0.2, -0.15) is 8.78 Å². The van der Waals surface area contributed by atoms with Crippen LogP contribution >= 0.6 is 27.5 Å². The van der Waals surface area contributed by atoms with E-state index in [4.69, 9.17) is 16.7 Å². The van der Waals surface area contributed by atoms with E-state index in [0.29, 0.717) is 0 Å². The van der Waals surface area contributed by atoms with Crippen molar-refractivity contribution in [3.05, 3.63) is 21.6 Å². The first-order valence-electron chi connectivity index (χ1n) is 5.33. The molecule has 0 radical (unpaired) electrons. The van der Waals surface area contributed by atoms with E-state index in [1.54, 1.807) is 0 Å². The molecule has 2 N–H and O–H groups in total. The fraction of sp³-hybridized carbons (Fsp3) is 0.273. The Hall–Kier alpha value is -1.45. The Morgan fingerprint density at radius 3 is 2.62 bits per heavy atom. The molecule has 0 spiro atoms. The average molecular weight is 389 g/mol. The Morgan fingerprint density at radius 1 is 1.38 bits per heavy atom. The molecule has 0 aliphatic heterocycles. The molecule has 0 bridgehead atoms. The number of alkyl halides is 2. The molecule has 0 unspecified atom stereocenters. The van der Waals surface area contributed by atoms with Gasteiger partial charge in [0.15, 0.2) is 5.75 Å². The zero-order valence-corrected chi connectivity index (χ0v) is 12.6. The van der Waals surface area contributed by atoms with Crippen molar-refractivity contribution in [2.45, 2.75) is 6.61 Å². The molecule has 0 aromatic heterocycles. The summed E-state index contributed by atoms with van der Waals surface area (Å²) in [6.45, 7) is -4.32. The lowest BCUT2D eigenvalue weighted by Crippen LogP contribution is -2.21. The smallest absolute Gasteiger partial charge is 0.387 e. The first-order chi connectivity index (χ1) is 9.79. The first-order valence-corrected chi connectivity index (χ1v) is 6.50. The molecule has 0 atom stereocenters. The van der Waals surface area contributed by atoms with Crippen molar-refractivity contribution in [1.29, 1.82) is 0 Å². The number of carboxylic acids is 1. The second-order valence-electron chi connectivity index (χ2n) is 3.58. The van der Waals surface area contributed by atoms with E-state index in [1.165, 1.54) is 12.1 Å². The van der Waals surface area contributed by atoms with Crippen LogP contribution in [0, 0.1) is 0 Å². The van der Waals surface area contributed by atoms with E-state index >= 15 is 0 Å². The van der Waals surface area contributed by atoms with E-state index in [0.717, 1.165) is 0 Å². The number of hydrogen-bond acceptors (Lipinski definition) is 4. The van der Waals surface area contributed by atoms with Gasteiger partial charge in [-0.3, -0.25) is 4.79 Å². The second-order valence-corrected chi connectivity index (χ2v) is 4.87. The zero-order chi connectivity index (χ0) is 16.0. The summed E-state index contributed by atoms with van der Waals surface area (Å²) in [5.41, 5.74) is -0.0985. The molecule has 21 heavy (non-hydrogen) atoms. The maximum absolute atomic E-state index is 12.3. The molecule has 1 aromatic carbocycles. The van der Waals surface area contributed by atoms with Gasteiger partial charge in [-0.15, -0.1) is 0 Å². The monoisotopic (exact) mass is 387 g/mol. The highest BCUT2D eigenvalue weighted by Gasteiger charge is 2.17. The van der Waals surface area contributed by atoms with Gasteiger partial charge in [0.05, 0.1) is 10.2 Å². The number of nitrogens with one attached hydrogen (secondary N) is 1. The number of hydrogen-bond donors (Lipinski definition) is 2. The van der Waals surface area contributed by atoms with Gasteiger partial charge in [-0.05, 0) is 28.1 Å². The highest BCUT2D eigenvalue weighted by Crippen LogP contribution is 2.37. The van der Waals surface area contributed by atoms with Crippen molar-refractivity contribution in [1.82, 2.24) is 0 Å². The summed E-state index contributed by atoms with van der Waals surface area (Å²) in [5, 5.41) is 10.8. The largest absolute Gasteiger partial charge is 0.480 e. The first kappa shape index (κ1) is 17.6. The molecule has 1 rings (SSSR count). The standard InChI is InChI=1S/C11H9BrClF2NO5/c12-6-1-5(13)2-7(10(6)21-11(14)15)16-8(17)3-20-4-9(18)19/h1-2,11H,3-4H2,(H,16,17)(H,18,19). The maximum atomic E-state index is 12.3. The lowest BCUT2D eigenvalue weighted by molar-refractivity contribution is -0.143. The van der Waals surface area contributed by atoms with E-state index in [2.05, 4.69) is 30.7 Å². The van der Waals surface area contributed by atoms with Gasteiger partial charge in [0.1, 0.15) is 13.2 Å². The van der Waals surface area contributed by atoms with Gasteiger partial charge in [0, 0.05) is 5.02 Å². The predicted octanol–water partition coefficient (Wildman–Crippen LogP) is 2.74. The third-order valence-electron chi connectivity index (χ3n) is 1.95. The molecule has 0 saturated carbocycles. The lowest BCUT2D eigenvalue weighted by Gasteiger charge is -2.14. The van der Waals surface area contributed by atoms with E-state index < -0.39 is 31.7 Å². The van der Waals surface area contributed by atoms with Crippen LogP contribution in [0.25, 0.3) is 0 Å². The van der Waals surface area contributed by atoms with Crippen molar-refractivity contribution in [3.8, 4) is 5.75 Å². The predicted molar refractivity (Wildman–Crippen MR) is 72.9 cm³/mol. The van der Waals surface area contributed by atoms with Crippen molar-refractivity contribution in [2.75, 3.05) is 18.5 Å². The summed E-state index contributed by atoms with van der Waals surface area (Å²) < 4.78 is 33.6. The molecular formula is C11H9BrClF2NO5. The molecule has 0 saturated heterocycles. The number of aliphatic carboxylic acids is 1. The molecule has 0 aliphatic rings. The SMILES string of the molecule is O=C(O)COCC(=O)Nc1cc(Cl)cc(Br)c1OC(F)F. The van der Waals surface area contributed by atoms with Crippen molar-refractivity contribution < 1.29 is 33.0 Å². The Kier molecular flexibility index (Phi) is 6.79. The van der Waals surface area contributed by atoms with E-state index in [1.807, 2.05) is 0 Å². The van der Waals surface area contributed by atoms with Gasteiger partial charge in [-0.1, -0.05) is 11.6 Å². The minimum Gasteiger partial charge on any atom is -0.480 e. The normalized spacial score (nSPS) is 10.5. The minimum absolute atomic E-state index is 0.0985. The number of benzene rings is 1. The third kappa shape index (κ3) is 6.23.